The van der Waals surface area contributed by atoms with Gasteiger partial charge in [0.05, 0.1) is 0 Å². The number of carbonyl (C=O) groups is 1. The summed E-state index contributed by atoms with van der Waals surface area (Å²) in [5, 5.41) is 3.18. The normalized spacial score (nSPS) is 29.8. The fraction of sp³-hybridized carbons (Fsp3) is 0.933. The van der Waals surface area contributed by atoms with E-state index in [-0.39, 0.29) is 11.6 Å². The maximum absolute atomic E-state index is 13.0. The highest BCUT2D eigenvalue weighted by Crippen LogP contribution is 2.33. The van der Waals surface area contributed by atoms with Gasteiger partial charge in [0.25, 0.3) is 0 Å². The third-order valence-corrected chi connectivity index (χ3v) is 4.87. The van der Waals surface area contributed by atoms with Crippen molar-refractivity contribution < 1.29 is 4.79 Å². The van der Waals surface area contributed by atoms with Crippen molar-refractivity contribution in [1.29, 1.82) is 0 Å². The Morgan fingerprint density at radius 3 is 2.53 bits per heavy atom. The molecule has 0 aromatic heterocycles. The molecular formula is C15H29N3O. The molecule has 0 aromatic rings. The fourth-order valence-corrected chi connectivity index (χ4v) is 3.65. The summed E-state index contributed by atoms with van der Waals surface area (Å²) < 4.78 is 0. The molecule has 1 N–H and O–H groups in total. The molecule has 110 valence electrons. The van der Waals surface area contributed by atoms with Crippen molar-refractivity contribution in [2.75, 3.05) is 27.2 Å². The van der Waals surface area contributed by atoms with Crippen molar-refractivity contribution in [1.82, 2.24) is 15.1 Å². The first-order valence-corrected chi connectivity index (χ1v) is 7.65. The number of amides is 1. The van der Waals surface area contributed by atoms with E-state index in [0.717, 1.165) is 19.5 Å². The van der Waals surface area contributed by atoms with Gasteiger partial charge in [0, 0.05) is 24.7 Å². The maximum atomic E-state index is 13.0. The van der Waals surface area contributed by atoms with Gasteiger partial charge in [-0.3, -0.25) is 9.69 Å². The molecule has 1 heterocycles. The van der Waals surface area contributed by atoms with Gasteiger partial charge in [-0.05, 0) is 47.2 Å². The van der Waals surface area contributed by atoms with Gasteiger partial charge in [-0.1, -0.05) is 12.8 Å². The van der Waals surface area contributed by atoms with E-state index in [2.05, 4.69) is 36.0 Å². The maximum Gasteiger partial charge on any atom is 0.241 e. The molecule has 19 heavy (non-hydrogen) atoms. The predicted molar refractivity (Wildman–Crippen MR) is 78.1 cm³/mol. The fourth-order valence-electron chi connectivity index (χ4n) is 3.65. The van der Waals surface area contributed by atoms with Gasteiger partial charge < -0.3 is 10.2 Å². The minimum absolute atomic E-state index is 0.00706. The van der Waals surface area contributed by atoms with E-state index < -0.39 is 0 Å². The molecule has 0 radical (unpaired) electrons. The number of nitrogens with zero attached hydrogens (tertiary/aromatic N) is 2. The summed E-state index contributed by atoms with van der Waals surface area (Å²) in [6, 6.07) is 0.459. The third-order valence-electron chi connectivity index (χ3n) is 4.87. The molecule has 2 aliphatic rings. The van der Waals surface area contributed by atoms with Crippen molar-refractivity contribution in [3.63, 3.8) is 0 Å². The lowest BCUT2D eigenvalue weighted by molar-refractivity contribution is -0.142. The number of likely N-dealkylation sites (N-methyl/N-ethyl adjacent to an activating group) is 2. The highest BCUT2D eigenvalue weighted by Gasteiger charge is 2.43. The summed E-state index contributed by atoms with van der Waals surface area (Å²) in [6.45, 7) is 6.21. The lowest BCUT2D eigenvalue weighted by Crippen LogP contribution is -2.56. The molecule has 0 bridgehead atoms. The molecule has 0 spiro atoms. The molecule has 1 saturated heterocycles. The topological polar surface area (TPSA) is 35.6 Å². The van der Waals surface area contributed by atoms with Crippen LogP contribution in [0.25, 0.3) is 0 Å². The second kappa shape index (κ2) is 5.80. The Morgan fingerprint density at radius 2 is 1.95 bits per heavy atom. The predicted octanol–water partition coefficient (Wildman–Crippen LogP) is 1.46. The zero-order valence-electron chi connectivity index (χ0n) is 12.9. The van der Waals surface area contributed by atoms with Gasteiger partial charge in [-0.2, -0.15) is 0 Å². The van der Waals surface area contributed by atoms with E-state index in [9.17, 15) is 4.79 Å². The highest BCUT2D eigenvalue weighted by molar-refractivity contribution is 5.83. The van der Waals surface area contributed by atoms with Gasteiger partial charge in [0.1, 0.15) is 6.04 Å². The Morgan fingerprint density at radius 1 is 1.32 bits per heavy atom. The second-order valence-corrected chi connectivity index (χ2v) is 6.76. The standard InChI is InChI=1S/C15H29N3O/c1-15(2)9-10-17(4)13(11-16-3)14(19)18(15)12-7-5-6-8-12/h12-13,16H,5-11H2,1-4H3. The van der Waals surface area contributed by atoms with Crippen molar-refractivity contribution in [3.8, 4) is 0 Å². The van der Waals surface area contributed by atoms with Crippen LogP contribution in [0.15, 0.2) is 0 Å². The minimum atomic E-state index is -0.0111. The van der Waals surface area contributed by atoms with Gasteiger partial charge in [-0.25, -0.2) is 0 Å². The number of hydrogen-bond donors (Lipinski definition) is 1. The molecule has 1 aliphatic heterocycles. The zero-order chi connectivity index (χ0) is 14.0. The Hall–Kier alpha value is -0.610. The molecule has 1 saturated carbocycles. The average Bonchev–Trinajstić information content (AvgIpc) is 2.83. The van der Waals surface area contributed by atoms with Crippen molar-refractivity contribution >= 4 is 5.91 Å². The van der Waals surface area contributed by atoms with Crippen LogP contribution in [0.3, 0.4) is 0 Å². The van der Waals surface area contributed by atoms with Crippen LogP contribution in [0.1, 0.15) is 46.0 Å². The molecule has 2 fully saturated rings. The lowest BCUT2D eigenvalue weighted by Gasteiger charge is -2.42. The number of rotatable bonds is 3. The minimum Gasteiger partial charge on any atom is -0.333 e. The monoisotopic (exact) mass is 267 g/mol. The van der Waals surface area contributed by atoms with E-state index in [1.165, 1.54) is 25.7 Å². The molecule has 1 atom stereocenters. The molecule has 0 aromatic carbocycles. The summed E-state index contributed by atoms with van der Waals surface area (Å²) in [5.41, 5.74) is -0.0111. The Balaban J connectivity index is 2.26. The average molecular weight is 267 g/mol. The van der Waals surface area contributed by atoms with Crippen LogP contribution in [-0.4, -0.2) is 60.5 Å². The molecule has 1 unspecified atom stereocenters. The van der Waals surface area contributed by atoms with Crippen LogP contribution in [0.5, 0.6) is 0 Å². The summed E-state index contributed by atoms with van der Waals surface area (Å²) in [5.74, 6) is 0.325. The highest BCUT2D eigenvalue weighted by atomic mass is 16.2. The number of hydrogen-bond acceptors (Lipinski definition) is 3. The van der Waals surface area contributed by atoms with Crippen LogP contribution in [0.4, 0.5) is 0 Å². The molecule has 1 amide bonds. The molecule has 2 rings (SSSR count). The first-order chi connectivity index (χ1) is 8.97. The van der Waals surface area contributed by atoms with Crippen molar-refractivity contribution in [2.24, 2.45) is 0 Å². The van der Waals surface area contributed by atoms with E-state index in [1.54, 1.807) is 0 Å². The lowest BCUT2D eigenvalue weighted by atomic mass is 9.95. The largest absolute Gasteiger partial charge is 0.333 e. The molecule has 4 nitrogen and oxygen atoms in total. The SMILES string of the molecule is CNCC1C(=O)N(C2CCCC2)C(C)(C)CCN1C. The third kappa shape index (κ3) is 2.95. The molecular weight excluding hydrogens is 238 g/mol. The van der Waals surface area contributed by atoms with Crippen LogP contribution >= 0.6 is 0 Å². The van der Waals surface area contributed by atoms with E-state index >= 15 is 0 Å². The Kier molecular flexibility index (Phi) is 4.51. The van der Waals surface area contributed by atoms with Crippen LogP contribution in [0, 0.1) is 0 Å². The Bertz CT molecular complexity index is 323. The van der Waals surface area contributed by atoms with Crippen LogP contribution < -0.4 is 5.32 Å². The smallest absolute Gasteiger partial charge is 0.241 e. The van der Waals surface area contributed by atoms with E-state index in [4.69, 9.17) is 0 Å². The van der Waals surface area contributed by atoms with Crippen LogP contribution in [0.2, 0.25) is 0 Å². The summed E-state index contributed by atoms with van der Waals surface area (Å²) in [6.07, 6.45) is 5.98. The summed E-state index contributed by atoms with van der Waals surface area (Å²) in [7, 11) is 4.01. The van der Waals surface area contributed by atoms with Gasteiger partial charge in [0.15, 0.2) is 0 Å². The van der Waals surface area contributed by atoms with Crippen molar-refractivity contribution in [3.05, 3.63) is 0 Å². The zero-order valence-corrected chi connectivity index (χ0v) is 12.9. The number of carbonyl (C=O) groups excluding carboxylic acids is 1. The summed E-state index contributed by atoms with van der Waals surface area (Å²) in [4.78, 5) is 17.4. The van der Waals surface area contributed by atoms with Gasteiger partial charge >= 0.3 is 0 Å². The first-order valence-electron chi connectivity index (χ1n) is 7.65. The molecule has 1 aliphatic carbocycles. The van der Waals surface area contributed by atoms with Gasteiger partial charge in [-0.15, -0.1) is 0 Å². The van der Waals surface area contributed by atoms with Gasteiger partial charge in [0.2, 0.25) is 5.91 Å². The molecule has 4 heteroatoms. The van der Waals surface area contributed by atoms with E-state index in [1.807, 2.05) is 7.05 Å². The van der Waals surface area contributed by atoms with Crippen molar-refractivity contribution in [2.45, 2.75) is 63.6 Å². The Labute approximate surface area is 117 Å². The van der Waals surface area contributed by atoms with Crippen LogP contribution in [-0.2, 0) is 4.79 Å². The summed E-state index contributed by atoms with van der Waals surface area (Å²) >= 11 is 0. The number of nitrogens with one attached hydrogen (secondary N) is 1. The quantitative estimate of drug-likeness (QED) is 0.841. The second-order valence-electron chi connectivity index (χ2n) is 6.76. The van der Waals surface area contributed by atoms with E-state index in [0.29, 0.717) is 11.9 Å². The first kappa shape index (κ1) is 14.8.